The van der Waals surface area contributed by atoms with Gasteiger partial charge in [-0.1, -0.05) is 74.0 Å². The van der Waals surface area contributed by atoms with E-state index in [-0.39, 0.29) is 0 Å². The summed E-state index contributed by atoms with van der Waals surface area (Å²) in [7, 11) is 0. The van der Waals surface area contributed by atoms with E-state index in [9.17, 15) is 0 Å². The van der Waals surface area contributed by atoms with Crippen molar-refractivity contribution in [3.05, 3.63) is 89.0 Å². The number of aryl methyl sites for hydroxylation is 2. The molecule has 0 fully saturated rings. The van der Waals surface area contributed by atoms with E-state index in [2.05, 4.69) is 99.0 Å². The third kappa shape index (κ3) is 3.47. The molecule has 0 aliphatic rings. The molecule has 0 aliphatic carbocycles. The molecule has 142 valence electrons. The molecule has 0 saturated carbocycles. The predicted molar refractivity (Wildman–Crippen MR) is 119 cm³/mol. The first-order chi connectivity index (χ1) is 13.6. The number of rotatable bonds is 5. The molecule has 0 spiro atoms. The predicted octanol–water partition coefficient (Wildman–Crippen LogP) is 6.88. The molecule has 0 N–H and O–H groups in total. The van der Waals surface area contributed by atoms with E-state index in [0.717, 1.165) is 17.9 Å². The van der Waals surface area contributed by atoms with E-state index in [0.29, 0.717) is 5.92 Å². The third-order valence-electron chi connectivity index (χ3n) is 5.78. The van der Waals surface area contributed by atoms with Crippen molar-refractivity contribution in [2.24, 2.45) is 0 Å². The van der Waals surface area contributed by atoms with Crippen LogP contribution in [0.2, 0.25) is 0 Å². The second-order valence-electron chi connectivity index (χ2n) is 7.88. The van der Waals surface area contributed by atoms with Crippen molar-refractivity contribution in [2.75, 3.05) is 0 Å². The summed E-state index contributed by atoms with van der Waals surface area (Å²) in [5.74, 6) is 1.65. The van der Waals surface area contributed by atoms with E-state index in [1.54, 1.807) is 0 Å². The van der Waals surface area contributed by atoms with E-state index >= 15 is 0 Å². The summed E-state index contributed by atoms with van der Waals surface area (Å²) in [6.07, 6.45) is 1.17. The number of para-hydroxylation sites is 2. The summed E-state index contributed by atoms with van der Waals surface area (Å²) < 4.78 is 2.35. The van der Waals surface area contributed by atoms with Crippen molar-refractivity contribution in [3.8, 4) is 11.4 Å². The number of hydrogen-bond acceptors (Lipinski definition) is 1. The van der Waals surface area contributed by atoms with Crippen molar-refractivity contribution in [2.45, 2.75) is 46.6 Å². The van der Waals surface area contributed by atoms with Crippen LogP contribution in [0.1, 0.15) is 48.4 Å². The van der Waals surface area contributed by atoms with Crippen molar-refractivity contribution < 1.29 is 0 Å². The Morgan fingerprint density at radius 2 is 1.68 bits per heavy atom. The van der Waals surface area contributed by atoms with Crippen LogP contribution in [0.3, 0.4) is 0 Å². The molecule has 0 bridgehead atoms. The van der Waals surface area contributed by atoms with Crippen molar-refractivity contribution in [3.63, 3.8) is 0 Å². The van der Waals surface area contributed by atoms with Crippen molar-refractivity contribution in [1.82, 2.24) is 9.55 Å². The van der Waals surface area contributed by atoms with Crippen LogP contribution in [-0.2, 0) is 6.54 Å². The monoisotopic (exact) mass is 368 g/mol. The third-order valence-corrected chi connectivity index (χ3v) is 5.78. The van der Waals surface area contributed by atoms with Gasteiger partial charge in [0.2, 0.25) is 0 Å². The summed E-state index contributed by atoms with van der Waals surface area (Å²) in [5.41, 5.74) is 8.71. The second-order valence-corrected chi connectivity index (χ2v) is 7.88. The summed E-state index contributed by atoms with van der Waals surface area (Å²) in [6.45, 7) is 9.67. The highest BCUT2D eigenvalue weighted by Gasteiger charge is 2.15. The molecule has 0 amide bonds. The Morgan fingerprint density at radius 3 is 2.39 bits per heavy atom. The van der Waals surface area contributed by atoms with Gasteiger partial charge in [-0.25, -0.2) is 4.98 Å². The molecule has 0 saturated heterocycles. The highest BCUT2D eigenvalue weighted by atomic mass is 15.1. The zero-order valence-electron chi connectivity index (χ0n) is 17.2. The molecule has 0 aliphatic heterocycles. The van der Waals surface area contributed by atoms with Gasteiger partial charge in [0.1, 0.15) is 5.82 Å². The lowest BCUT2D eigenvalue weighted by atomic mass is 9.97. The molecular weight excluding hydrogens is 340 g/mol. The van der Waals surface area contributed by atoms with Crippen LogP contribution >= 0.6 is 0 Å². The molecule has 4 aromatic rings. The lowest BCUT2D eigenvalue weighted by Crippen LogP contribution is -2.03. The van der Waals surface area contributed by atoms with Crippen LogP contribution in [0.15, 0.2) is 66.7 Å². The normalized spacial score (nSPS) is 12.4. The average molecular weight is 369 g/mol. The fourth-order valence-corrected chi connectivity index (χ4v) is 3.88. The average Bonchev–Trinajstić information content (AvgIpc) is 3.06. The zero-order valence-corrected chi connectivity index (χ0v) is 17.2. The minimum Gasteiger partial charge on any atom is -0.319 e. The Labute approximate surface area is 167 Å². The van der Waals surface area contributed by atoms with Crippen LogP contribution in [0, 0.1) is 13.8 Å². The molecule has 2 heteroatoms. The van der Waals surface area contributed by atoms with Gasteiger partial charge in [0.15, 0.2) is 0 Å². The first kappa shape index (κ1) is 18.5. The smallest absolute Gasteiger partial charge is 0.141 e. The van der Waals surface area contributed by atoms with E-state index in [1.807, 2.05) is 0 Å². The van der Waals surface area contributed by atoms with Gasteiger partial charge in [0, 0.05) is 12.1 Å². The number of aromatic nitrogens is 2. The first-order valence-corrected chi connectivity index (χ1v) is 10.2. The molecule has 1 unspecified atom stereocenters. The van der Waals surface area contributed by atoms with Gasteiger partial charge in [-0.05, 0) is 55.0 Å². The number of fused-ring (bicyclic) bond motifs is 1. The second kappa shape index (κ2) is 7.63. The van der Waals surface area contributed by atoms with Gasteiger partial charge in [-0.15, -0.1) is 0 Å². The number of nitrogens with zero attached hydrogens (tertiary/aromatic N) is 2. The minimum atomic E-state index is 0.605. The molecular formula is C26H28N2. The fourth-order valence-electron chi connectivity index (χ4n) is 3.88. The standard InChI is InChI=1S/C26H28N2/c1-5-19(3)22-13-11-21(12-14-22)17-28-25-9-7-6-8-24(25)27-26(28)23-15-10-18(2)16-20(23)4/h6-16,19H,5,17H2,1-4H3. The summed E-state index contributed by atoms with van der Waals surface area (Å²) in [5, 5.41) is 0. The highest BCUT2D eigenvalue weighted by molar-refractivity contribution is 5.81. The Morgan fingerprint density at radius 1 is 0.929 bits per heavy atom. The lowest BCUT2D eigenvalue weighted by molar-refractivity contribution is 0.732. The van der Waals surface area contributed by atoms with Gasteiger partial charge in [-0.3, -0.25) is 0 Å². The van der Waals surface area contributed by atoms with Crippen LogP contribution in [0.4, 0.5) is 0 Å². The maximum absolute atomic E-state index is 4.99. The Hall–Kier alpha value is -2.87. The van der Waals surface area contributed by atoms with Gasteiger partial charge in [0.25, 0.3) is 0 Å². The number of hydrogen-bond donors (Lipinski definition) is 0. The maximum Gasteiger partial charge on any atom is 0.141 e. The molecule has 4 rings (SSSR count). The minimum absolute atomic E-state index is 0.605. The molecule has 1 heterocycles. The fraction of sp³-hybridized carbons (Fsp3) is 0.269. The highest BCUT2D eigenvalue weighted by Crippen LogP contribution is 2.29. The van der Waals surface area contributed by atoms with Gasteiger partial charge in [-0.2, -0.15) is 0 Å². The topological polar surface area (TPSA) is 17.8 Å². The molecule has 2 nitrogen and oxygen atoms in total. The molecule has 1 aromatic heterocycles. The van der Waals surface area contributed by atoms with Crippen LogP contribution < -0.4 is 0 Å². The van der Waals surface area contributed by atoms with E-state index in [4.69, 9.17) is 4.98 Å². The Bertz CT molecular complexity index is 1100. The summed E-state index contributed by atoms with van der Waals surface area (Å²) in [6, 6.07) is 24.1. The quantitative estimate of drug-likeness (QED) is 0.375. The van der Waals surface area contributed by atoms with Crippen LogP contribution in [0.5, 0.6) is 0 Å². The van der Waals surface area contributed by atoms with Gasteiger partial charge in [0.05, 0.1) is 11.0 Å². The van der Waals surface area contributed by atoms with Gasteiger partial charge >= 0.3 is 0 Å². The van der Waals surface area contributed by atoms with Crippen LogP contribution in [-0.4, -0.2) is 9.55 Å². The summed E-state index contributed by atoms with van der Waals surface area (Å²) >= 11 is 0. The Balaban J connectivity index is 1.79. The molecule has 1 atom stereocenters. The van der Waals surface area contributed by atoms with E-state index in [1.165, 1.54) is 39.8 Å². The van der Waals surface area contributed by atoms with Crippen molar-refractivity contribution >= 4 is 11.0 Å². The lowest BCUT2D eigenvalue weighted by Gasteiger charge is -2.13. The number of imidazole rings is 1. The SMILES string of the molecule is CCC(C)c1ccc(Cn2c(-c3ccc(C)cc3C)nc3ccccc32)cc1. The maximum atomic E-state index is 4.99. The molecule has 0 radical (unpaired) electrons. The Kier molecular flexibility index (Phi) is 5.04. The molecule has 3 aromatic carbocycles. The van der Waals surface area contributed by atoms with E-state index < -0.39 is 0 Å². The van der Waals surface area contributed by atoms with Crippen LogP contribution in [0.25, 0.3) is 22.4 Å². The largest absolute Gasteiger partial charge is 0.319 e. The molecule has 28 heavy (non-hydrogen) atoms. The van der Waals surface area contributed by atoms with Crippen molar-refractivity contribution in [1.29, 1.82) is 0 Å². The summed E-state index contributed by atoms with van der Waals surface area (Å²) in [4.78, 5) is 4.99. The van der Waals surface area contributed by atoms with Gasteiger partial charge < -0.3 is 4.57 Å². The zero-order chi connectivity index (χ0) is 19.7. The first-order valence-electron chi connectivity index (χ1n) is 10.2. The number of benzene rings is 3.